The summed E-state index contributed by atoms with van der Waals surface area (Å²) in [5.41, 5.74) is 1.69. The molecule has 0 amide bonds. The van der Waals surface area contributed by atoms with Gasteiger partial charge in [-0.25, -0.2) is 13.8 Å². The van der Waals surface area contributed by atoms with Crippen LogP contribution in [0.4, 0.5) is 14.5 Å². The zero-order valence-corrected chi connectivity index (χ0v) is 15.9. The molecule has 1 aliphatic carbocycles. The number of nitriles is 1. The van der Waals surface area contributed by atoms with Crippen molar-refractivity contribution in [3.63, 3.8) is 0 Å². The van der Waals surface area contributed by atoms with E-state index in [1.165, 1.54) is 12.1 Å². The molecule has 27 heavy (non-hydrogen) atoms. The van der Waals surface area contributed by atoms with E-state index in [9.17, 15) is 8.78 Å². The summed E-state index contributed by atoms with van der Waals surface area (Å²) in [5.74, 6) is 0. The maximum atomic E-state index is 13.4. The molecule has 0 saturated heterocycles. The van der Waals surface area contributed by atoms with Gasteiger partial charge in [0.05, 0.1) is 24.0 Å². The van der Waals surface area contributed by atoms with Gasteiger partial charge in [0.15, 0.2) is 0 Å². The molecule has 2 aromatic rings. The zero-order valence-electron chi connectivity index (χ0n) is 15.9. The van der Waals surface area contributed by atoms with E-state index in [1.807, 2.05) is 23.8 Å². The van der Waals surface area contributed by atoms with Crippen LogP contribution in [0.2, 0.25) is 0 Å². The van der Waals surface area contributed by atoms with Crippen LogP contribution in [-0.2, 0) is 0 Å². The van der Waals surface area contributed by atoms with Gasteiger partial charge in [-0.3, -0.25) is 0 Å². The first-order valence-corrected chi connectivity index (χ1v) is 9.15. The average molecular weight is 370 g/mol. The number of hydrogen-bond donors (Lipinski definition) is 0. The van der Waals surface area contributed by atoms with Crippen LogP contribution < -0.4 is 4.90 Å². The molecule has 0 N–H and O–H groups in total. The Labute approximate surface area is 158 Å². The van der Waals surface area contributed by atoms with Crippen LogP contribution in [0.3, 0.4) is 0 Å². The number of benzene rings is 1. The molecule has 1 unspecified atom stereocenters. The summed E-state index contributed by atoms with van der Waals surface area (Å²) in [5, 5.41) is 9.11. The monoisotopic (exact) mass is 370 g/mol. The molecule has 0 bridgehead atoms. The summed E-state index contributed by atoms with van der Waals surface area (Å²) in [4.78, 5) is 6.27. The number of nitrogens with zero attached hydrogens (tertiary/aromatic N) is 4. The van der Waals surface area contributed by atoms with Crippen LogP contribution in [0.1, 0.15) is 51.2 Å². The third kappa shape index (κ3) is 3.73. The molecule has 4 nitrogen and oxygen atoms in total. The molecule has 6 heteroatoms. The number of likely N-dealkylation sites (N-methyl/N-ethyl adjacent to an activating group) is 1. The summed E-state index contributed by atoms with van der Waals surface area (Å²) >= 11 is 0. The lowest BCUT2D eigenvalue weighted by Crippen LogP contribution is -2.46. The van der Waals surface area contributed by atoms with Crippen LogP contribution in [-0.4, -0.2) is 22.1 Å². The summed E-state index contributed by atoms with van der Waals surface area (Å²) in [7, 11) is 0. The van der Waals surface area contributed by atoms with Crippen molar-refractivity contribution in [2.75, 3.05) is 11.4 Å². The van der Waals surface area contributed by atoms with Crippen molar-refractivity contribution < 1.29 is 8.78 Å². The molecule has 0 fully saturated rings. The van der Waals surface area contributed by atoms with Gasteiger partial charge in [-0.05, 0) is 49.5 Å². The fourth-order valence-corrected chi connectivity index (χ4v) is 3.80. The SMILES string of the molecule is CCN(c1ccc(C#N)c(C(F)F)c1)C1C=C(n2ccnc2)CCC1(C)C. The van der Waals surface area contributed by atoms with Gasteiger partial charge >= 0.3 is 0 Å². The molecule has 1 aromatic carbocycles. The summed E-state index contributed by atoms with van der Waals surface area (Å²) in [6.07, 6.45) is 6.93. The normalized spacial score (nSPS) is 18.9. The standard InChI is InChI=1S/C21H24F2N4/c1-4-27(17-6-5-15(13-24)18(11-17)20(22)23)19-12-16(7-8-21(19,2)3)26-10-9-25-14-26/h5-6,9-12,14,19-20H,4,7-8H2,1-3H3. The van der Waals surface area contributed by atoms with Crippen LogP contribution in [0.5, 0.6) is 0 Å². The molecule has 0 aliphatic heterocycles. The average Bonchev–Trinajstić information content (AvgIpc) is 3.18. The summed E-state index contributed by atoms with van der Waals surface area (Å²) in [6, 6.07) is 6.63. The van der Waals surface area contributed by atoms with E-state index in [-0.39, 0.29) is 22.6 Å². The summed E-state index contributed by atoms with van der Waals surface area (Å²) in [6.45, 7) is 7.12. The summed E-state index contributed by atoms with van der Waals surface area (Å²) < 4.78 is 28.8. The van der Waals surface area contributed by atoms with Gasteiger partial charge in [0.1, 0.15) is 0 Å². The molecular weight excluding hydrogens is 346 g/mol. The van der Waals surface area contributed by atoms with E-state index < -0.39 is 6.43 Å². The number of rotatable bonds is 5. The molecule has 1 aromatic heterocycles. The van der Waals surface area contributed by atoms with Gasteiger partial charge in [0.25, 0.3) is 6.43 Å². The van der Waals surface area contributed by atoms with Crippen LogP contribution >= 0.6 is 0 Å². The minimum absolute atomic E-state index is 0.0149. The minimum atomic E-state index is -2.67. The van der Waals surface area contributed by atoms with E-state index in [0.717, 1.165) is 18.5 Å². The van der Waals surface area contributed by atoms with Gasteiger partial charge in [0, 0.05) is 35.9 Å². The first kappa shape index (κ1) is 19.1. The fraction of sp³-hybridized carbons (Fsp3) is 0.429. The predicted molar refractivity (Wildman–Crippen MR) is 102 cm³/mol. The lowest BCUT2D eigenvalue weighted by molar-refractivity contribution is 0.151. The Kier molecular flexibility index (Phi) is 5.31. The van der Waals surface area contributed by atoms with Crippen molar-refractivity contribution in [2.45, 2.75) is 46.1 Å². The number of allylic oxidation sites excluding steroid dienone is 1. The number of halogens is 2. The zero-order chi connectivity index (χ0) is 19.6. The highest BCUT2D eigenvalue weighted by Gasteiger charge is 2.36. The van der Waals surface area contributed by atoms with E-state index in [2.05, 4.69) is 29.8 Å². The van der Waals surface area contributed by atoms with Crippen molar-refractivity contribution >= 4 is 11.4 Å². The highest BCUT2D eigenvalue weighted by atomic mass is 19.3. The van der Waals surface area contributed by atoms with Crippen molar-refractivity contribution in [3.8, 4) is 6.07 Å². The molecule has 0 spiro atoms. The number of hydrogen-bond acceptors (Lipinski definition) is 3. The molecule has 1 heterocycles. The maximum absolute atomic E-state index is 13.4. The molecule has 1 aliphatic rings. The Bertz CT molecular complexity index is 863. The Morgan fingerprint density at radius 1 is 1.41 bits per heavy atom. The molecule has 1 atom stereocenters. The lowest BCUT2D eigenvalue weighted by atomic mass is 9.74. The molecule has 142 valence electrons. The molecule has 0 radical (unpaired) electrons. The third-order valence-electron chi connectivity index (χ3n) is 5.41. The Hall–Kier alpha value is -2.68. The first-order chi connectivity index (χ1) is 12.9. The first-order valence-electron chi connectivity index (χ1n) is 9.15. The van der Waals surface area contributed by atoms with Crippen molar-refractivity contribution in [3.05, 3.63) is 54.1 Å². The Balaban J connectivity index is 2.04. The van der Waals surface area contributed by atoms with Gasteiger partial charge in [-0.15, -0.1) is 0 Å². The van der Waals surface area contributed by atoms with E-state index in [0.29, 0.717) is 12.2 Å². The lowest BCUT2D eigenvalue weighted by Gasteiger charge is -2.45. The second-order valence-corrected chi connectivity index (χ2v) is 7.53. The molecule has 0 saturated carbocycles. The van der Waals surface area contributed by atoms with Gasteiger partial charge in [-0.2, -0.15) is 5.26 Å². The van der Waals surface area contributed by atoms with Crippen molar-refractivity contribution in [1.29, 1.82) is 5.26 Å². The quantitative estimate of drug-likeness (QED) is 0.722. The largest absolute Gasteiger partial charge is 0.365 e. The number of alkyl halides is 2. The second kappa shape index (κ2) is 7.51. The topological polar surface area (TPSA) is 44.9 Å². The van der Waals surface area contributed by atoms with Crippen molar-refractivity contribution in [2.24, 2.45) is 5.41 Å². The fourth-order valence-electron chi connectivity index (χ4n) is 3.80. The van der Waals surface area contributed by atoms with Crippen LogP contribution in [0.25, 0.3) is 5.70 Å². The second-order valence-electron chi connectivity index (χ2n) is 7.53. The Morgan fingerprint density at radius 3 is 2.78 bits per heavy atom. The smallest absolute Gasteiger partial charge is 0.265 e. The minimum Gasteiger partial charge on any atom is -0.365 e. The molecular formula is C21H24F2N4. The molecule has 3 rings (SSSR count). The Morgan fingerprint density at radius 2 is 2.19 bits per heavy atom. The van der Waals surface area contributed by atoms with Crippen LogP contribution in [0, 0.1) is 16.7 Å². The highest BCUT2D eigenvalue weighted by Crippen LogP contribution is 2.41. The number of aromatic nitrogens is 2. The van der Waals surface area contributed by atoms with E-state index >= 15 is 0 Å². The van der Waals surface area contributed by atoms with Gasteiger partial charge in [0.2, 0.25) is 0 Å². The van der Waals surface area contributed by atoms with E-state index in [1.54, 1.807) is 18.6 Å². The predicted octanol–water partition coefficient (Wildman–Crippen LogP) is 5.25. The number of anilines is 1. The highest BCUT2D eigenvalue weighted by molar-refractivity contribution is 5.58. The van der Waals surface area contributed by atoms with Crippen molar-refractivity contribution in [1.82, 2.24) is 9.55 Å². The van der Waals surface area contributed by atoms with Gasteiger partial charge < -0.3 is 9.47 Å². The third-order valence-corrected chi connectivity index (χ3v) is 5.41. The van der Waals surface area contributed by atoms with Crippen LogP contribution in [0.15, 0.2) is 43.0 Å². The van der Waals surface area contributed by atoms with Gasteiger partial charge in [-0.1, -0.05) is 13.8 Å². The van der Waals surface area contributed by atoms with E-state index in [4.69, 9.17) is 5.26 Å². The maximum Gasteiger partial charge on any atom is 0.265 e. The number of imidazole rings is 1.